The van der Waals surface area contributed by atoms with Gasteiger partial charge in [0, 0.05) is 28.8 Å². The van der Waals surface area contributed by atoms with Gasteiger partial charge in [-0.25, -0.2) is 12.4 Å². The number of phenolic OH excluding ortho intramolecular Hbond substituents is 2. The number of phenols is 2. The summed E-state index contributed by atoms with van der Waals surface area (Å²) in [5.74, 6) is 4.01. The quantitative estimate of drug-likeness (QED) is 0.0976. The number of hydrogen-bond donors (Lipinski definition) is 2. The number of nitrogens with zero attached hydrogens (tertiary/aromatic N) is 2. The highest BCUT2D eigenvalue weighted by molar-refractivity contribution is 8.04. The van der Waals surface area contributed by atoms with Crippen molar-refractivity contribution in [3.8, 4) is 39.8 Å². The van der Waals surface area contributed by atoms with Crippen molar-refractivity contribution in [1.29, 1.82) is 0 Å². The van der Waals surface area contributed by atoms with E-state index in [1.165, 1.54) is 77.3 Å². The van der Waals surface area contributed by atoms with Gasteiger partial charge in [0.25, 0.3) is 10.0 Å². The molecule has 0 atom stereocenters. The Kier molecular flexibility index (Phi) is 10.3. The lowest BCUT2D eigenvalue weighted by Gasteiger charge is -2.15. The topological polar surface area (TPSA) is 119 Å². The molecule has 2 N–H and O–H groups in total. The summed E-state index contributed by atoms with van der Waals surface area (Å²) >= 11 is 1.42. The highest BCUT2D eigenvalue weighted by Crippen LogP contribution is 2.31. The maximum absolute atomic E-state index is 14.4. The molecule has 5 aromatic rings. The second-order valence-corrected chi connectivity index (χ2v) is 20.9. The predicted molar refractivity (Wildman–Crippen MR) is 200 cm³/mol. The molecule has 3 aromatic carbocycles. The monoisotopic (exact) mass is 720 g/mol. The van der Waals surface area contributed by atoms with Gasteiger partial charge in [-0.3, -0.25) is 9.59 Å². The van der Waals surface area contributed by atoms with Crippen LogP contribution in [0.15, 0.2) is 96.2 Å². The first-order chi connectivity index (χ1) is 23.6. The molecule has 0 fully saturated rings. The van der Waals surface area contributed by atoms with Crippen molar-refractivity contribution in [3.05, 3.63) is 130 Å². The Balaban J connectivity index is 1.64. The molecule has 11 heteroatoms. The molecule has 0 unspecified atom stereocenters. The molecule has 0 radical (unpaired) electrons. The molecule has 0 spiro atoms. The van der Waals surface area contributed by atoms with Gasteiger partial charge in [-0.1, -0.05) is 74.8 Å². The molecular weight excluding hydrogens is 685 g/mol. The lowest BCUT2D eigenvalue weighted by molar-refractivity contribution is 0.101. The number of aromatic hydroxyl groups is 2. The Hall–Kier alpha value is -5.20. The summed E-state index contributed by atoms with van der Waals surface area (Å²) in [6, 6.07) is 19.6. The first-order valence-electron chi connectivity index (χ1n) is 15.7. The van der Waals surface area contributed by atoms with Gasteiger partial charge >= 0.3 is 0 Å². The first kappa shape index (κ1) is 36.1. The average Bonchev–Trinajstić information content (AvgIpc) is 3.71. The van der Waals surface area contributed by atoms with Crippen LogP contribution in [0.5, 0.6) is 11.5 Å². The van der Waals surface area contributed by atoms with Gasteiger partial charge in [0.05, 0.1) is 27.4 Å². The van der Waals surface area contributed by atoms with Crippen LogP contribution in [0.1, 0.15) is 62.6 Å². The van der Waals surface area contributed by atoms with Crippen molar-refractivity contribution in [3.63, 3.8) is 0 Å². The fourth-order valence-electron chi connectivity index (χ4n) is 4.95. The van der Waals surface area contributed by atoms with Crippen LogP contribution >= 0.6 is 11.8 Å². The maximum Gasteiger partial charge on any atom is 0.268 e. The van der Waals surface area contributed by atoms with E-state index in [9.17, 15) is 28.2 Å². The molecule has 0 bridgehead atoms. The van der Waals surface area contributed by atoms with Gasteiger partial charge in [0.15, 0.2) is 0 Å². The van der Waals surface area contributed by atoms with Crippen LogP contribution in [0.4, 0.5) is 0 Å². The van der Waals surface area contributed by atoms with Gasteiger partial charge < -0.3 is 14.8 Å². The Morgan fingerprint density at radius 1 is 0.800 bits per heavy atom. The smallest absolute Gasteiger partial charge is 0.268 e. The number of aromatic nitrogens is 2. The van der Waals surface area contributed by atoms with Gasteiger partial charge in [0.2, 0.25) is 11.6 Å². The summed E-state index contributed by atoms with van der Waals surface area (Å²) in [4.78, 5) is 28.2. The van der Waals surface area contributed by atoms with Gasteiger partial charge in [0.1, 0.15) is 25.3 Å². The molecular formula is C39H36N2O6S2Si. The molecule has 50 heavy (non-hydrogen) atoms. The van der Waals surface area contributed by atoms with Crippen LogP contribution in [-0.4, -0.2) is 52.1 Å². The molecule has 8 nitrogen and oxygen atoms in total. The fourth-order valence-corrected chi connectivity index (χ4v) is 7.23. The SMILES string of the molecule is Cc1ccc(S(=O)(=O)n2ccc(-n3cccc3C(=O)c3ccc(C#C[Si](C)(C)C)cc3O)c2C(=O)c2ccc(C#CSC(C)C)cc2O)cc1. The zero-order chi connectivity index (χ0) is 36.4. The standard InChI is InChI=1S/C39H36N2O6S2Si/c1-26(2)48-22-18-28-11-16-32(36(43)24-28)39(45)37-33(17-21-41(37)49(46,47)30-13-9-27(3)10-14-30)40-20-7-8-34(40)38(44)31-15-12-29(25-35(31)42)19-23-50(4,5)6/h7-17,20-21,24-26,42-43H,1-6H3. The minimum atomic E-state index is -4.32. The fraction of sp³-hybridized carbons (Fsp3) is 0.179. The van der Waals surface area contributed by atoms with E-state index in [1.807, 2.05) is 20.8 Å². The normalized spacial score (nSPS) is 11.4. The Morgan fingerprint density at radius 3 is 1.98 bits per heavy atom. The van der Waals surface area contributed by atoms with Crippen molar-refractivity contribution < 1.29 is 28.2 Å². The summed E-state index contributed by atoms with van der Waals surface area (Å²) in [6.45, 7) is 12.1. The molecule has 0 aliphatic rings. The van der Waals surface area contributed by atoms with Crippen LogP contribution in [-0.2, 0) is 10.0 Å². The van der Waals surface area contributed by atoms with Crippen molar-refractivity contribution in [2.24, 2.45) is 0 Å². The number of carbonyl (C=O) groups is 2. The van der Waals surface area contributed by atoms with Crippen molar-refractivity contribution >= 4 is 41.4 Å². The molecule has 0 saturated heterocycles. The summed E-state index contributed by atoms with van der Waals surface area (Å²) in [5, 5.41) is 25.1. The molecule has 0 saturated carbocycles. The van der Waals surface area contributed by atoms with Gasteiger partial charge in [-0.15, -0.1) is 5.54 Å². The van der Waals surface area contributed by atoms with Crippen LogP contribution in [0.3, 0.4) is 0 Å². The Labute approximate surface area is 297 Å². The van der Waals surface area contributed by atoms with E-state index in [1.54, 1.807) is 30.3 Å². The van der Waals surface area contributed by atoms with Gasteiger partial charge in [-0.05, 0) is 78.9 Å². The summed E-state index contributed by atoms with van der Waals surface area (Å²) in [7, 11) is -6.00. The summed E-state index contributed by atoms with van der Waals surface area (Å²) in [6.07, 6.45) is 2.77. The number of benzene rings is 3. The minimum Gasteiger partial charge on any atom is -0.507 e. The minimum absolute atomic E-state index is 0.00747. The molecule has 254 valence electrons. The zero-order valence-electron chi connectivity index (χ0n) is 28.5. The molecule has 0 aliphatic carbocycles. The van der Waals surface area contributed by atoms with E-state index < -0.39 is 29.7 Å². The third kappa shape index (κ3) is 7.82. The number of thioether (sulfide) groups is 1. The summed E-state index contributed by atoms with van der Waals surface area (Å²) < 4.78 is 30.3. The number of aryl methyl sites for hydroxylation is 1. The van der Waals surface area contributed by atoms with Crippen LogP contribution in [0.2, 0.25) is 19.6 Å². The molecule has 2 heterocycles. The van der Waals surface area contributed by atoms with E-state index in [2.05, 4.69) is 42.3 Å². The van der Waals surface area contributed by atoms with Crippen LogP contribution in [0.25, 0.3) is 5.69 Å². The molecule has 2 aromatic heterocycles. The van der Waals surface area contributed by atoms with Crippen LogP contribution in [0, 0.1) is 29.6 Å². The van der Waals surface area contributed by atoms with E-state index in [4.69, 9.17) is 0 Å². The van der Waals surface area contributed by atoms with E-state index in [-0.39, 0.29) is 49.8 Å². The summed E-state index contributed by atoms with van der Waals surface area (Å²) in [5.41, 5.74) is 4.82. The highest BCUT2D eigenvalue weighted by atomic mass is 32.2. The molecule has 0 amide bonds. The number of hydrogen-bond acceptors (Lipinski definition) is 7. The Morgan fingerprint density at radius 2 is 1.40 bits per heavy atom. The van der Waals surface area contributed by atoms with Crippen LogP contribution < -0.4 is 0 Å². The largest absolute Gasteiger partial charge is 0.507 e. The van der Waals surface area contributed by atoms with Crippen molar-refractivity contribution in [1.82, 2.24) is 8.54 Å². The lowest BCUT2D eigenvalue weighted by atomic mass is 10.0. The average molecular weight is 721 g/mol. The Bertz CT molecular complexity index is 2360. The second-order valence-electron chi connectivity index (χ2n) is 12.9. The molecule has 0 aliphatic heterocycles. The highest BCUT2D eigenvalue weighted by Gasteiger charge is 2.30. The molecule has 5 rings (SSSR count). The maximum atomic E-state index is 14.4. The third-order valence-corrected chi connectivity index (χ3v) is 10.7. The van der Waals surface area contributed by atoms with E-state index >= 15 is 0 Å². The third-order valence-electron chi connectivity index (χ3n) is 7.42. The predicted octanol–water partition coefficient (Wildman–Crippen LogP) is 7.38. The lowest BCUT2D eigenvalue weighted by Crippen LogP contribution is -2.20. The second kappa shape index (κ2) is 14.3. The first-order valence-corrected chi connectivity index (χ1v) is 21.6. The van der Waals surface area contributed by atoms with Crippen molar-refractivity contribution in [2.45, 2.75) is 50.6 Å². The van der Waals surface area contributed by atoms with E-state index in [0.717, 1.165) is 9.54 Å². The number of ketones is 2. The van der Waals surface area contributed by atoms with E-state index in [0.29, 0.717) is 11.1 Å². The van der Waals surface area contributed by atoms with Crippen molar-refractivity contribution in [2.75, 3.05) is 0 Å². The number of rotatable bonds is 8. The van der Waals surface area contributed by atoms with Gasteiger partial charge in [-0.2, -0.15) is 0 Å². The zero-order valence-corrected chi connectivity index (χ0v) is 31.1. The number of carbonyl (C=O) groups excluding carboxylic acids is 2.